The maximum absolute atomic E-state index is 9.13. The lowest BCUT2D eigenvalue weighted by Gasteiger charge is -2.17. The Balaban J connectivity index is 3.40. The van der Waals surface area contributed by atoms with E-state index in [9.17, 15) is 0 Å². The van der Waals surface area contributed by atoms with E-state index in [1.54, 1.807) is 7.11 Å². The summed E-state index contributed by atoms with van der Waals surface area (Å²) >= 11 is 0. The van der Waals surface area contributed by atoms with Crippen LogP contribution in [0.2, 0.25) is 0 Å². The Morgan fingerprint density at radius 2 is 1.64 bits per heavy atom. The largest absolute Gasteiger partial charge is 0.379 e. The fourth-order valence-corrected chi connectivity index (χ4v) is 0.780. The normalized spacial score (nSPS) is 17.8. The standard InChI is InChI=1S/C10H22O4/c1-5-10(11)14-7-9(3)13-6-8(2)12-4/h8-11H,5-7H2,1-4H3. The summed E-state index contributed by atoms with van der Waals surface area (Å²) in [6.45, 7) is 6.66. The lowest BCUT2D eigenvalue weighted by molar-refractivity contribution is -0.133. The maximum atomic E-state index is 9.13. The summed E-state index contributed by atoms with van der Waals surface area (Å²) in [4.78, 5) is 0. The van der Waals surface area contributed by atoms with E-state index < -0.39 is 6.29 Å². The first-order valence-electron chi connectivity index (χ1n) is 5.04. The van der Waals surface area contributed by atoms with Crippen LogP contribution in [-0.4, -0.2) is 43.9 Å². The number of hydrogen-bond acceptors (Lipinski definition) is 4. The molecule has 14 heavy (non-hydrogen) atoms. The highest BCUT2D eigenvalue weighted by Gasteiger charge is 2.08. The van der Waals surface area contributed by atoms with Gasteiger partial charge in [0.1, 0.15) is 0 Å². The molecular weight excluding hydrogens is 184 g/mol. The van der Waals surface area contributed by atoms with E-state index in [0.29, 0.717) is 19.6 Å². The van der Waals surface area contributed by atoms with Crippen LogP contribution in [0, 0.1) is 0 Å². The Bertz CT molecular complexity index is 115. The molecule has 3 atom stereocenters. The molecule has 0 aliphatic rings. The summed E-state index contributed by atoms with van der Waals surface area (Å²) in [5.41, 5.74) is 0. The molecule has 0 aromatic heterocycles. The van der Waals surface area contributed by atoms with Crippen LogP contribution in [0.4, 0.5) is 0 Å². The summed E-state index contributed by atoms with van der Waals surface area (Å²) in [6, 6.07) is 0. The number of rotatable bonds is 8. The first-order chi connectivity index (χ1) is 6.60. The van der Waals surface area contributed by atoms with Crippen LogP contribution in [0.5, 0.6) is 0 Å². The van der Waals surface area contributed by atoms with Crippen molar-refractivity contribution in [3.05, 3.63) is 0 Å². The molecule has 0 bridgehead atoms. The summed E-state index contributed by atoms with van der Waals surface area (Å²) in [7, 11) is 1.65. The van der Waals surface area contributed by atoms with Gasteiger partial charge in [-0.3, -0.25) is 0 Å². The van der Waals surface area contributed by atoms with Crippen molar-refractivity contribution in [2.75, 3.05) is 20.3 Å². The first kappa shape index (κ1) is 13.8. The van der Waals surface area contributed by atoms with Crippen molar-refractivity contribution in [2.24, 2.45) is 0 Å². The van der Waals surface area contributed by atoms with Crippen molar-refractivity contribution in [1.82, 2.24) is 0 Å². The molecule has 1 N–H and O–H groups in total. The summed E-state index contributed by atoms with van der Waals surface area (Å²) in [5.74, 6) is 0. The van der Waals surface area contributed by atoms with Crippen molar-refractivity contribution >= 4 is 0 Å². The van der Waals surface area contributed by atoms with Gasteiger partial charge in [0.05, 0.1) is 25.4 Å². The van der Waals surface area contributed by atoms with Crippen molar-refractivity contribution in [3.63, 3.8) is 0 Å². The molecule has 0 rings (SSSR count). The van der Waals surface area contributed by atoms with Gasteiger partial charge in [-0.1, -0.05) is 6.92 Å². The van der Waals surface area contributed by atoms with Gasteiger partial charge in [0, 0.05) is 7.11 Å². The van der Waals surface area contributed by atoms with Crippen LogP contribution in [0.1, 0.15) is 27.2 Å². The molecule has 0 amide bonds. The monoisotopic (exact) mass is 206 g/mol. The van der Waals surface area contributed by atoms with Gasteiger partial charge in [-0.05, 0) is 20.3 Å². The molecule has 0 fully saturated rings. The number of ether oxygens (including phenoxy) is 3. The molecule has 3 unspecified atom stereocenters. The van der Waals surface area contributed by atoms with Crippen LogP contribution >= 0.6 is 0 Å². The second kappa shape index (κ2) is 8.17. The quantitative estimate of drug-likeness (QED) is 0.606. The molecule has 0 aromatic rings. The average molecular weight is 206 g/mol. The molecule has 0 aliphatic carbocycles. The van der Waals surface area contributed by atoms with Crippen LogP contribution in [0.15, 0.2) is 0 Å². The third-order valence-electron chi connectivity index (χ3n) is 1.89. The first-order valence-corrected chi connectivity index (χ1v) is 5.04. The van der Waals surface area contributed by atoms with Crippen molar-refractivity contribution in [3.8, 4) is 0 Å². The maximum Gasteiger partial charge on any atom is 0.154 e. The van der Waals surface area contributed by atoms with E-state index >= 15 is 0 Å². The molecule has 0 heterocycles. The Hall–Kier alpha value is -0.160. The average Bonchev–Trinajstić information content (AvgIpc) is 2.22. The van der Waals surface area contributed by atoms with Gasteiger partial charge in [0.2, 0.25) is 0 Å². The van der Waals surface area contributed by atoms with E-state index in [1.807, 2.05) is 20.8 Å². The molecule has 0 aromatic carbocycles. The molecule has 0 saturated heterocycles. The van der Waals surface area contributed by atoms with Gasteiger partial charge in [0.25, 0.3) is 0 Å². The van der Waals surface area contributed by atoms with Crippen molar-refractivity contribution in [1.29, 1.82) is 0 Å². The third-order valence-corrected chi connectivity index (χ3v) is 1.89. The third kappa shape index (κ3) is 7.26. The SMILES string of the molecule is CCC(O)OCC(C)OCC(C)OC. The zero-order valence-electron chi connectivity index (χ0n) is 9.53. The zero-order valence-corrected chi connectivity index (χ0v) is 9.53. The van der Waals surface area contributed by atoms with E-state index in [4.69, 9.17) is 19.3 Å². The molecule has 4 nitrogen and oxygen atoms in total. The lowest BCUT2D eigenvalue weighted by Crippen LogP contribution is -2.25. The van der Waals surface area contributed by atoms with Gasteiger partial charge < -0.3 is 19.3 Å². The highest BCUT2D eigenvalue weighted by Crippen LogP contribution is 1.99. The van der Waals surface area contributed by atoms with E-state index in [0.717, 1.165) is 0 Å². The Labute approximate surface area is 86.2 Å². The molecule has 0 spiro atoms. The Morgan fingerprint density at radius 1 is 1.07 bits per heavy atom. The molecular formula is C10H22O4. The molecule has 86 valence electrons. The predicted octanol–water partition coefficient (Wildman–Crippen LogP) is 1.17. The second-order valence-corrected chi connectivity index (χ2v) is 3.39. The fraction of sp³-hybridized carbons (Fsp3) is 1.00. The number of hydrogen-bond donors (Lipinski definition) is 1. The van der Waals surface area contributed by atoms with Gasteiger partial charge in [-0.15, -0.1) is 0 Å². The fourth-order valence-electron chi connectivity index (χ4n) is 0.780. The minimum absolute atomic E-state index is 0.0196. The van der Waals surface area contributed by atoms with Gasteiger partial charge in [-0.25, -0.2) is 0 Å². The van der Waals surface area contributed by atoms with Crippen molar-refractivity contribution in [2.45, 2.75) is 45.7 Å². The van der Waals surface area contributed by atoms with Gasteiger partial charge >= 0.3 is 0 Å². The van der Waals surface area contributed by atoms with E-state index in [2.05, 4.69) is 0 Å². The minimum atomic E-state index is -0.680. The Kier molecular flexibility index (Phi) is 8.08. The number of aliphatic hydroxyl groups is 1. The predicted molar refractivity (Wildman–Crippen MR) is 54.1 cm³/mol. The molecule has 0 radical (unpaired) electrons. The van der Waals surface area contributed by atoms with Crippen LogP contribution in [0.3, 0.4) is 0 Å². The van der Waals surface area contributed by atoms with Crippen LogP contribution in [-0.2, 0) is 14.2 Å². The van der Waals surface area contributed by atoms with Crippen molar-refractivity contribution < 1.29 is 19.3 Å². The summed E-state index contributed by atoms with van der Waals surface area (Å²) in [6.07, 6.45) is -0.00970. The highest BCUT2D eigenvalue weighted by atomic mass is 16.6. The van der Waals surface area contributed by atoms with Gasteiger partial charge in [-0.2, -0.15) is 0 Å². The van der Waals surface area contributed by atoms with E-state index in [-0.39, 0.29) is 12.2 Å². The highest BCUT2D eigenvalue weighted by molar-refractivity contribution is 4.52. The number of aliphatic hydroxyl groups excluding tert-OH is 1. The van der Waals surface area contributed by atoms with Crippen LogP contribution in [0.25, 0.3) is 0 Å². The molecule has 0 saturated carbocycles. The number of methoxy groups -OCH3 is 1. The van der Waals surface area contributed by atoms with E-state index in [1.165, 1.54) is 0 Å². The van der Waals surface area contributed by atoms with Gasteiger partial charge in [0.15, 0.2) is 6.29 Å². The zero-order chi connectivity index (χ0) is 11.0. The van der Waals surface area contributed by atoms with Crippen LogP contribution < -0.4 is 0 Å². The molecule has 4 heteroatoms. The second-order valence-electron chi connectivity index (χ2n) is 3.39. The Morgan fingerprint density at radius 3 is 2.14 bits per heavy atom. The minimum Gasteiger partial charge on any atom is -0.379 e. The summed E-state index contributed by atoms with van der Waals surface area (Å²) in [5, 5.41) is 9.13. The molecule has 0 aliphatic heterocycles. The summed E-state index contributed by atoms with van der Waals surface area (Å²) < 4.78 is 15.6. The smallest absolute Gasteiger partial charge is 0.154 e. The lowest BCUT2D eigenvalue weighted by atomic mass is 10.4. The topological polar surface area (TPSA) is 47.9 Å².